The first kappa shape index (κ1) is 20.0. The van der Waals surface area contributed by atoms with E-state index in [-0.39, 0.29) is 35.3 Å². The van der Waals surface area contributed by atoms with Gasteiger partial charge in [0.25, 0.3) is 10.4 Å². The van der Waals surface area contributed by atoms with Gasteiger partial charge in [0.2, 0.25) is 0 Å². The van der Waals surface area contributed by atoms with E-state index in [1.54, 1.807) is 18.2 Å². The molecule has 0 spiro atoms. The molecule has 4 nitrogen and oxygen atoms in total. The Kier molecular flexibility index (Phi) is 13.7. The first-order chi connectivity index (χ1) is 7.49. The summed E-state index contributed by atoms with van der Waals surface area (Å²) in [5.74, 6) is 1.95. The van der Waals surface area contributed by atoms with Crippen LogP contribution in [0.3, 0.4) is 0 Å². The van der Waals surface area contributed by atoms with E-state index < -0.39 is 10.4 Å². The molecule has 0 bridgehead atoms. The maximum absolute atomic E-state index is 10.0. The van der Waals surface area contributed by atoms with E-state index in [0.29, 0.717) is 0 Å². The summed E-state index contributed by atoms with van der Waals surface area (Å²) in [6, 6.07) is 7.59. The van der Waals surface area contributed by atoms with E-state index in [1.807, 2.05) is 0 Å². The van der Waals surface area contributed by atoms with Crippen LogP contribution >= 0.6 is 25.3 Å². The van der Waals surface area contributed by atoms with Crippen LogP contribution in [0.25, 0.3) is 0 Å². The summed E-state index contributed by atoms with van der Waals surface area (Å²) in [7, 11) is -4.63. The number of hydrogen-bond acceptors (Lipinski definition) is 6. The molecule has 0 saturated heterocycles. The van der Waals surface area contributed by atoms with Gasteiger partial charge in [0.05, 0.1) is 0 Å². The van der Waals surface area contributed by atoms with Gasteiger partial charge in [-0.1, -0.05) is 18.2 Å². The molecule has 0 atom stereocenters. The van der Waals surface area contributed by atoms with Gasteiger partial charge in [0.15, 0.2) is 0 Å². The van der Waals surface area contributed by atoms with Gasteiger partial charge >= 0.3 is 29.6 Å². The van der Waals surface area contributed by atoms with Crippen molar-refractivity contribution in [1.29, 1.82) is 0 Å². The van der Waals surface area contributed by atoms with Crippen LogP contribution in [0.1, 0.15) is 6.42 Å². The molecule has 0 heterocycles. The average Bonchev–Trinajstić information content (AvgIpc) is 2.19. The molecule has 0 aliphatic carbocycles. The summed E-state index contributed by atoms with van der Waals surface area (Å²) in [5.41, 5.74) is 0. The van der Waals surface area contributed by atoms with Crippen molar-refractivity contribution in [3.63, 3.8) is 0 Å². The maximum Gasteiger partial charge on any atom is 1.00 e. The molecular weight excluding hydrogens is 291 g/mol. The van der Waals surface area contributed by atoms with E-state index in [9.17, 15) is 13.0 Å². The van der Waals surface area contributed by atoms with E-state index in [4.69, 9.17) is 0 Å². The average molecular weight is 304 g/mol. The minimum absolute atomic E-state index is 0. The third kappa shape index (κ3) is 14.6. The number of hydrogen-bond donors (Lipinski definition) is 2. The van der Waals surface area contributed by atoms with Crippen LogP contribution in [0, 0.1) is 0 Å². The van der Waals surface area contributed by atoms with Crippen LogP contribution in [0.2, 0.25) is 0 Å². The predicted molar refractivity (Wildman–Crippen MR) is 69.1 cm³/mol. The van der Waals surface area contributed by atoms with Crippen molar-refractivity contribution in [2.24, 2.45) is 0 Å². The minimum atomic E-state index is -4.63. The zero-order chi connectivity index (χ0) is 12.4. The van der Waals surface area contributed by atoms with Gasteiger partial charge in [-0.05, 0) is 30.1 Å². The third-order valence-corrected chi connectivity index (χ3v) is 2.29. The van der Waals surface area contributed by atoms with Gasteiger partial charge in [0, 0.05) is 0 Å². The first-order valence-corrected chi connectivity index (χ1v) is 7.01. The van der Waals surface area contributed by atoms with Gasteiger partial charge in [-0.3, -0.25) is 0 Å². The molecule has 1 aromatic rings. The fourth-order valence-corrected chi connectivity index (χ4v) is 1.58. The molecule has 0 aliphatic rings. The van der Waals surface area contributed by atoms with Crippen molar-refractivity contribution >= 4 is 35.7 Å². The van der Waals surface area contributed by atoms with Crippen LogP contribution in [0.4, 0.5) is 0 Å². The van der Waals surface area contributed by atoms with Crippen LogP contribution < -0.4 is 33.7 Å². The Morgan fingerprint density at radius 1 is 1.12 bits per heavy atom. The van der Waals surface area contributed by atoms with Crippen LogP contribution in [0.15, 0.2) is 30.3 Å². The van der Waals surface area contributed by atoms with Crippen LogP contribution in [-0.4, -0.2) is 24.5 Å². The summed E-state index contributed by atoms with van der Waals surface area (Å²) in [4.78, 5) is 0. The molecule has 0 fully saturated rings. The molecule has 92 valence electrons. The second-order valence-corrected chi connectivity index (χ2v) is 4.48. The SMILES string of the molecule is O=S(=O)([O-])Oc1ccccc1.SCCCS.[Na+]. The van der Waals surface area contributed by atoms with E-state index in [1.165, 1.54) is 12.1 Å². The Labute approximate surface area is 135 Å². The molecule has 0 unspecified atom stereocenters. The smallest absolute Gasteiger partial charge is 0.716 e. The summed E-state index contributed by atoms with van der Waals surface area (Å²) >= 11 is 7.90. The number of rotatable bonds is 4. The predicted octanol–water partition coefficient (Wildman–Crippen LogP) is -1.23. The maximum atomic E-state index is 10.0. The Balaban J connectivity index is 0. The molecule has 1 aromatic carbocycles. The molecule has 0 N–H and O–H groups in total. The summed E-state index contributed by atoms with van der Waals surface area (Å²) in [6.45, 7) is 0. The van der Waals surface area contributed by atoms with Crippen LogP contribution in [-0.2, 0) is 10.4 Å². The largest absolute Gasteiger partial charge is 1.00 e. The van der Waals surface area contributed by atoms with E-state index >= 15 is 0 Å². The van der Waals surface area contributed by atoms with Crippen LogP contribution in [0.5, 0.6) is 5.75 Å². The van der Waals surface area contributed by atoms with Crippen molar-refractivity contribution in [3.05, 3.63) is 30.3 Å². The number of para-hydroxylation sites is 1. The quantitative estimate of drug-likeness (QED) is 0.316. The first-order valence-electron chi connectivity index (χ1n) is 4.41. The van der Waals surface area contributed by atoms with Crippen molar-refractivity contribution in [2.75, 3.05) is 11.5 Å². The van der Waals surface area contributed by atoms with Gasteiger partial charge in [-0.25, -0.2) is 8.42 Å². The molecular formula is C9H13NaO4S3. The Bertz CT molecular complexity index is 367. The summed E-state index contributed by atoms with van der Waals surface area (Å²) in [6.07, 6.45) is 1.12. The fraction of sp³-hybridized carbons (Fsp3) is 0.333. The zero-order valence-electron chi connectivity index (χ0n) is 9.44. The second-order valence-electron chi connectivity index (χ2n) is 2.61. The van der Waals surface area contributed by atoms with Gasteiger partial charge < -0.3 is 8.74 Å². The Morgan fingerprint density at radius 2 is 1.59 bits per heavy atom. The third-order valence-electron chi connectivity index (χ3n) is 1.26. The van der Waals surface area contributed by atoms with Crippen molar-refractivity contribution in [1.82, 2.24) is 0 Å². The van der Waals surface area contributed by atoms with Gasteiger partial charge in [0.1, 0.15) is 5.75 Å². The monoisotopic (exact) mass is 304 g/mol. The number of benzene rings is 1. The van der Waals surface area contributed by atoms with E-state index in [2.05, 4.69) is 29.4 Å². The molecule has 0 saturated carbocycles. The molecule has 8 heteroatoms. The molecule has 0 aromatic heterocycles. The Hall–Kier alpha value is 0.630. The second kappa shape index (κ2) is 11.7. The molecule has 0 aliphatic heterocycles. The van der Waals surface area contributed by atoms with Crippen molar-refractivity contribution < 1.29 is 46.7 Å². The fourth-order valence-electron chi connectivity index (χ4n) is 0.665. The summed E-state index contributed by atoms with van der Waals surface area (Å²) < 4.78 is 34.1. The van der Waals surface area contributed by atoms with Gasteiger partial charge in [-0.15, -0.1) is 0 Å². The van der Waals surface area contributed by atoms with E-state index in [0.717, 1.165) is 17.9 Å². The Morgan fingerprint density at radius 3 is 1.88 bits per heavy atom. The molecule has 1 rings (SSSR count). The standard InChI is InChI=1S/C6H6O4S.C3H8S2.Na/c7-11(8,9)10-6-4-2-1-3-5-6;4-2-1-3-5;/h1-5H,(H,7,8,9);4-5H,1-3H2;/q;;+1/p-1. The van der Waals surface area contributed by atoms with Crippen molar-refractivity contribution in [3.8, 4) is 5.75 Å². The summed E-state index contributed by atoms with van der Waals surface area (Å²) in [5, 5.41) is 0. The minimum Gasteiger partial charge on any atom is -0.716 e. The molecule has 17 heavy (non-hydrogen) atoms. The normalized spacial score (nSPS) is 9.59. The number of thiol groups is 2. The molecule has 0 amide bonds. The van der Waals surface area contributed by atoms with Gasteiger partial charge in [-0.2, -0.15) is 25.3 Å². The van der Waals surface area contributed by atoms with Crippen molar-refractivity contribution in [2.45, 2.75) is 6.42 Å². The zero-order valence-corrected chi connectivity index (χ0v) is 14.0. The topological polar surface area (TPSA) is 66.4 Å². The molecule has 0 radical (unpaired) electrons.